The Morgan fingerprint density at radius 1 is 1.07 bits per heavy atom. The lowest BCUT2D eigenvalue weighted by Crippen LogP contribution is -2.24. The van der Waals surface area contributed by atoms with Crippen LogP contribution >= 0.6 is 34.3 Å². The van der Waals surface area contributed by atoms with E-state index in [1.165, 1.54) is 11.3 Å². The Kier molecular flexibility index (Phi) is 5.50. The third-order valence-electron chi connectivity index (χ3n) is 4.45. The topological polar surface area (TPSA) is 46.1 Å². The van der Waals surface area contributed by atoms with Gasteiger partial charge in [-0.05, 0) is 43.2 Å². The number of thiazole rings is 2. The van der Waals surface area contributed by atoms with Gasteiger partial charge in [-0.25, -0.2) is 9.97 Å². The monoisotopic (exact) mass is 439 g/mol. The zero-order chi connectivity index (χ0) is 20.5. The van der Waals surface area contributed by atoms with Crippen LogP contribution in [0.5, 0.6) is 0 Å². The first kappa shape index (κ1) is 19.8. The third kappa shape index (κ3) is 3.96. The summed E-state index contributed by atoms with van der Waals surface area (Å²) in [6.45, 7) is 5.55. The van der Waals surface area contributed by atoms with Crippen LogP contribution in [0.25, 0.3) is 21.3 Å². The number of carbonyl (C=O) groups is 1. The molecule has 2 aromatic heterocycles. The summed E-state index contributed by atoms with van der Waals surface area (Å²) < 4.78 is 1.09. The zero-order valence-electron chi connectivity index (χ0n) is 16.1. The number of hydrogen-bond donors (Lipinski definition) is 0. The Labute approximate surface area is 182 Å². The molecule has 2 heterocycles. The highest BCUT2D eigenvalue weighted by atomic mass is 35.5. The van der Waals surface area contributed by atoms with Crippen LogP contribution in [0.15, 0.2) is 47.8 Å². The third-order valence-corrected chi connectivity index (χ3v) is 6.77. The molecule has 0 atom stereocenters. The number of hydrogen-bond acceptors (Lipinski definition) is 5. The molecule has 1 amide bonds. The van der Waals surface area contributed by atoms with Gasteiger partial charge in [0.05, 0.1) is 26.6 Å². The van der Waals surface area contributed by atoms with Crippen molar-refractivity contribution in [1.82, 2.24) is 9.97 Å². The molecular weight excluding hydrogens is 422 g/mol. The molecule has 7 heteroatoms. The molecule has 0 aliphatic rings. The van der Waals surface area contributed by atoms with E-state index in [0.29, 0.717) is 15.9 Å². The number of benzene rings is 2. The van der Waals surface area contributed by atoms with E-state index < -0.39 is 0 Å². The fourth-order valence-corrected chi connectivity index (χ4v) is 5.13. The quantitative estimate of drug-likeness (QED) is 0.351. The molecule has 0 aliphatic carbocycles. The summed E-state index contributed by atoms with van der Waals surface area (Å²) in [7, 11) is 0. The second kappa shape index (κ2) is 8.06. The molecule has 4 rings (SSSR count). The Balaban J connectivity index is 1.69. The summed E-state index contributed by atoms with van der Waals surface area (Å²) in [5.74, 6) is -0.0791. The lowest BCUT2D eigenvalue weighted by Gasteiger charge is -2.22. The van der Waals surface area contributed by atoms with Gasteiger partial charge in [-0.2, -0.15) is 0 Å². The molecule has 0 radical (unpaired) electrons. The van der Waals surface area contributed by atoms with Crippen molar-refractivity contribution in [3.05, 3.63) is 69.7 Å². The predicted molar refractivity (Wildman–Crippen MR) is 124 cm³/mol. The summed E-state index contributed by atoms with van der Waals surface area (Å²) in [5, 5.41) is 3.80. The van der Waals surface area contributed by atoms with Crippen molar-refractivity contribution in [2.75, 3.05) is 4.90 Å². The summed E-state index contributed by atoms with van der Waals surface area (Å²) >= 11 is 9.48. The number of anilines is 2. The number of aromatic nitrogens is 2. The normalized spacial score (nSPS) is 11.8. The van der Waals surface area contributed by atoms with Gasteiger partial charge in [0.1, 0.15) is 5.01 Å². The van der Waals surface area contributed by atoms with E-state index in [9.17, 15) is 4.79 Å². The number of aryl methyl sites for hydroxylation is 2. The van der Waals surface area contributed by atoms with Crippen LogP contribution in [-0.4, -0.2) is 15.9 Å². The minimum atomic E-state index is -0.0791. The fraction of sp³-hybridized carbons (Fsp3) is 0.136. The first-order valence-electron chi connectivity index (χ1n) is 8.99. The molecule has 0 bridgehead atoms. The first-order valence-corrected chi connectivity index (χ1v) is 11.1. The highest BCUT2D eigenvalue weighted by Gasteiger charge is 2.21. The Morgan fingerprint density at radius 3 is 2.48 bits per heavy atom. The molecule has 4 aromatic rings. The molecule has 0 spiro atoms. The van der Waals surface area contributed by atoms with Gasteiger partial charge in [-0.3, -0.25) is 9.69 Å². The van der Waals surface area contributed by atoms with Gasteiger partial charge in [-0.1, -0.05) is 41.9 Å². The Hall–Kier alpha value is -2.54. The molecular formula is C22H18ClN3OS2. The molecule has 2 aromatic carbocycles. The Morgan fingerprint density at radius 2 is 1.79 bits per heavy atom. The molecule has 0 saturated heterocycles. The molecule has 0 saturated carbocycles. The van der Waals surface area contributed by atoms with E-state index in [1.807, 2.05) is 61.7 Å². The average molecular weight is 440 g/mol. The molecule has 29 heavy (non-hydrogen) atoms. The standard InChI is InChI=1S/C22H18ClN3OS2/c1-13-7-6-8-14(2)20(13)26(15(3)27)22-24-16(12-28-22)11-17(23)21-25-18-9-4-5-10-19(18)29-21/h4-12H,1-3H3. The maximum Gasteiger partial charge on any atom is 0.230 e. The van der Waals surface area contributed by atoms with Gasteiger partial charge in [-0.15, -0.1) is 22.7 Å². The SMILES string of the molecule is CC(=O)N(c1nc(C=C(Cl)c2nc3ccccc3s2)cs1)c1c(C)cccc1C. The van der Waals surface area contributed by atoms with Gasteiger partial charge in [0.15, 0.2) is 5.13 Å². The largest absolute Gasteiger partial charge is 0.274 e. The van der Waals surface area contributed by atoms with Gasteiger partial charge in [0.2, 0.25) is 5.91 Å². The van der Waals surface area contributed by atoms with Gasteiger partial charge in [0, 0.05) is 12.3 Å². The number of rotatable bonds is 4. The number of carbonyl (C=O) groups excluding carboxylic acids is 1. The zero-order valence-corrected chi connectivity index (χ0v) is 18.5. The van der Waals surface area contributed by atoms with E-state index in [-0.39, 0.29) is 5.91 Å². The lowest BCUT2D eigenvalue weighted by molar-refractivity contribution is -0.115. The number of amides is 1. The van der Waals surface area contributed by atoms with E-state index in [0.717, 1.165) is 32.0 Å². The molecule has 146 valence electrons. The van der Waals surface area contributed by atoms with Crippen molar-refractivity contribution in [1.29, 1.82) is 0 Å². The van der Waals surface area contributed by atoms with Crippen LogP contribution in [0.4, 0.5) is 10.8 Å². The number of fused-ring (bicyclic) bond motifs is 1. The maximum absolute atomic E-state index is 12.4. The molecule has 0 fully saturated rings. The van der Waals surface area contributed by atoms with E-state index in [1.54, 1.807) is 29.2 Å². The summed E-state index contributed by atoms with van der Waals surface area (Å²) in [5.41, 5.74) is 4.56. The van der Waals surface area contributed by atoms with Crippen molar-refractivity contribution in [3.63, 3.8) is 0 Å². The molecule has 0 aliphatic heterocycles. The van der Waals surface area contributed by atoms with Crippen LogP contribution < -0.4 is 4.90 Å². The minimum Gasteiger partial charge on any atom is -0.274 e. The Bertz CT molecular complexity index is 1190. The van der Waals surface area contributed by atoms with Crippen LogP contribution in [0.3, 0.4) is 0 Å². The molecule has 4 nitrogen and oxygen atoms in total. The molecule has 0 N–H and O–H groups in total. The highest BCUT2D eigenvalue weighted by Crippen LogP contribution is 2.35. The predicted octanol–water partition coefficient (Wildman–Crippen LogP) is 6.79. The van der Waals surface area contributed by atoms with E-state index in [2.05, 4.69) is 9.97 Å². The van der Waals surface area contributed by atoms with Gasteiger partial charge >= 0.3 is 0 Å². The number of halogens is 1. The van der Waals surface area contributed by atoms with Crippen molar-refractivity contribution < 1.29 is 4.79 Å². The van der Waals surface area contributed by atoms with Gasteiger partial charge in [0.25, 0.3) is 0 Å². The van der Waals surface area contributed by atoms with Crippen molar-refractivity contribution in [3.8, 4) is 0 Å². The lowest BCUT2D eigenvalue weighted by atomic mass is 10.1. The van der Waals surface area contributed by atoms with Crippen molar-refractivity contribution in [2.24, 2.45) is 0 Å². The maximum atomic E-state index is 12.4. The molecule has 0 unspecified atom stereocenters. The number of nitrogens with zero attached hydrogens (tertiary/aromatic N) is 3. The number of para-hydroxylation sites is 2. The average Bonchev–Trinajstić information content (AvgIpc) is 3.31. The second-order valence-electron chi connectivity index (χ2n) is 6.63. The fourth-order valence-electron chi connectivity index (χ4n) is 3.16. The summed E-state index contributed by atoms with van der Waals surface area (Å²) in [6, 6.07) is 13.9. The highest BCUT2D eigenvalue weighted by molar-refractivity contribution is 7.20. The summed E-state index contributed by atoms with van der Waals surface area (Å²) in [6.07, 6.45) is 1.79. The van der Waals surface area contributed by atoms with Crippen molar-refractivity contribution in [2.45, 2.75) is 20.8 Å². The van der Waals surface area contributed by atoms with E-state index in [4.69, 9.17) is 11.6 Å². The smallest absolute Gasteiger partial charge is 0.230 e. The van der Waals surface area contributed by atoms with E-state index >= 15 is 0 Å². The van der Waals surface area contributed by atoms with Crippen LogP contribution in [0.1, 0.15) is 28.8 Å². The summed E-state index contributed by atoms with van der Waals surface area (Å²) in [4.78, 5) is 23.3. The minimum absolute atomic E-state index is 0.0791. The van der Waals surface area contributed by atoms with Crippen LogP contribution in [-0.2, 0) is 4.79 Å². The first-order chi connectivity index (χ1) is 13.9. The second-order valence-corrected chi connectivity index (χ2v) is 8.90. The van der Waals surface area contributed by atoms with Crippen LogP contribution in [0.2, 0.25) is 0 Å². The van der Waals surface area contributed by atoms with Gasteiger partial charge < -0.3 is 0 Å². The van der Waals surface area contributed by atoms with Crippen molar-refractivity contribution >= 4 is 72.3 Å². The van der Waals surface area contributed by atoms with Crippen LogP contribution in [0, 0.1) is 13.8 Å².